The van der Waals surface area contributed by atoms with Crippen molar-refractivity contribution in [3.8, 4) is 0 Å². The van der Waals surface area contributed by atoms with Crippen molar-refractivity contribution in [1.82, 2.24) is 20.0 Å². The number of likely N-dealkylation sites (N-methyl/N-ethyl adjacent to an activating group) is 4. The largest absolute Gasteiger partial charge is 0.478 e. The highest BCUT2D eigenvalue weighted by Gasteiger charge is 2.41. The molecule has 0 aromatic heterocycles. The Morgan fingerprint density at radius 2 is 0.783 bits per heavy atom. The number of hydrogen-bond acceptors (Lipinski definition) is 22. The molecule has 2 aliphatic rings. The number of ether oxygens (including phenoxy) is 10. The molecule has 2 aliphatic heterocycles. The molecule has 0 spiro atoms. The van der Waals surface area contributed by atoms with Gasteiger partial charge in [-0.25, -0.2) is 38.4 Å². The molecule has 2 N–H and O–H groups in total. The SMILES string of the molecule is CC(C)C[C@@H](C(=O)O[C@H](Cc1ccc(C2CCOCC2)cc1)C(=O)N(C)[C@@H](CC(C)C)C(=O)O[C@H](C)C(=O)OCc1ccccc1)N(C)C(=O)OC(C)(C)C.CC(C)C[C@@H](C(=O)O[C@H](Cc1ccc(C2CCOCC2)cc1)C(=O)O)N(C)C(=O)OC(C)(C)C.CN[C@@H](CC(C)C)C(=O)O[C@H](C)C(=O)OCc1ccccc1.C[B]P=O. The summed E-state index contributed by atoms with van der Waals surface area (Å²) in [5, 5.41) is 12.6. The quantitative estimate of drug-likeness (QED) is 0.0187. The minimum absolute atomic E-state index is 0.0106. The summed E-state index contributed by atoms with van der Waals surface area (Å²) in [4.78, 5) is 133. The van der Waals surface area contributed by atoms with Crippen molar-refractivity contribution < 1.29 is 105 Å². The molecular weight excluding hydrogens is 1490 g/mol. The number of amides is 3. The number of hydrogen-bond donors (Lipinski definition) is 2. The molecule has 2 heterocycles. The lowest BCUT2D eigenvalue weighted by Crippen LogP contribution is -2.52. The summed E-state index contributed by atoms with van der Waals surface area (Å²) in [6, 6.07) is 30.6. The first-order valence-electron chi connectivity index (χ1n) is 39.8. The van der Waals surface area contributed by atoms with Gasteiger partial charge in [0.05, 0.1) is 8.34 Å². The maximum atomic E-state index is 14.5. The van der Waals surface area contributed by atoms with Crippen molar-refractivity contribution in [2.24, 2.45) is 23.7 Å². The van der Waals surface area contributed by atoms with E-state index in [0.29, 0.717) is 43.8 Å². The van der Waals surface area contributed by atoms with E-state index in [1.807, 2.05) is 165 Å². The summed E-state index contributed by atoms with van der Waals surface area (Å²) < 4.78 is 63.8. The third-order valence-electron chi connectivity index (χ3n) is 18.4. The average Bonchev–Trinajstić information content (AvgIpc) is 0.824. The lowest BCUT2D eigenvalue weighted by molar-refractivity contribution is -0.174. The number of carbonyl (C=O) groups is 10. The first kappa shape index (κ1) is 100. The monoisotopic (exact) mass is 1620 g/mol. The molecule has 2 saturated heterocycles. The topological polar surface area (TPSA) is 322 Å². The van der Waals surface area contributed by atoms with E-state index in [1.165, 1.54) is 55.3 Å². The molecule has 1 radical (unpaired) electrons. The summed E-state index contributed by atoms with van der Waals surface area (Å²) in [6.45, 7) is 35.2. The first-order valence-corrected chi connectivity index (χ1v) is 40.7. The van der Waals surface area contributed by atoms with Gasteiger partial charge in [0.2, 0.25) is 13.1 Å². The third kappa shape index (κ3) is 38.7. The molecule has 0 bridgehead atoms. The number of nitrogens with zero attached hydrogens (tertiary/aromatic N) is 3. The maximum absolute atomic E-state index is 14.5. The number of carbonyl (C=O) groups excluding carboxylic acids is 9. The zero-order valence-corrected chi connectivity index (χ0v) is 72.6. The molecule has 4 aromatic carbocycles. The fourth-order valence-electron chi connectivity index (χ4n) is 12.1. The molecule has 3 amide bonds. The molecule has 0 aliphatic carbocycles. The highest BCUT2D eigenvalue weighted by molar-refractivity contribution is 7.60. The lowest BCUT2D eigenvalue weighted by atomic mass is 9.90. The fourth-order valence-corrected chi connectivity index (χ4v) is 12.1. The van der Waals surface area contributed by atoms with Gasteiger partial charge in [0.15, 0.2) is 18.3 Å². The summed E-state index contributed by atoms with van der Waals surface area (Å²) in [5.74, 6) is -4.71. The Balaban J connectivity index is 0.000000481. The Morgan fingerprint density at radius 1 is 0.461 bits per heavy atom. The zero-order chi connectivity index (χ0) is 86.3. The standard InChI is InChI=1S/C43H62N2O10.C26H39NO7.C17H25NO4.CH3BOP/c1-28(2)24-35(40(48)53-30(5)39(47)52-27-32-14-12-11-13-15-32)44(9)38(46)37(26-31-16-18-33(19-17-31)34-20-22-51-23-21-34)54-41(49)36(25-29(3)4)45(10)42(50)55-43(6,7)8;1-17(2)15-21(27(6)25(31)34-26(3,4)5)24(30)33-22(23(28)29)16-18-7-9-19(10-8-18)20-11-13-32-14-12-20;1-12(2)10-15(18-4)17(20)22-13(3)16(19)21-11-14-8-6-5-7-9-14;1-2-4-3/h11-19,28-30,34-37H,20-27H2,1-10H3;7-10,17,20-22H,11-16H2,1-6H3,(H,28,29);5-9,12-13,15,18H,10-11H2,1-4H3;1H3/t30-,35+,36+,37-;21-,22+;13-,15+;/m101./s1. The van der Waals surface area contributed by atoms with Gasteiger partial charge in [-0.1, -0.05) is 171 Å². The van der Waals surface area contributed by atoms with Gasteiger partial charge in [-0.2, -0.15) is 0 Å². The normalized spacial score (nSPS) is 15.2. The van der Waals surface area contributed by atoms with E-state index in [0.717, 1.165) is 66.7 Å². The summed E-state index contributed by atoms with van der Waals surface area (Å²) in [5.41, 5.74) is 4.02. The van der Waals surface area contributed by atoms with Crippen molar-refractivity contribution in [1.29, 1.82) is 0 Å². The predicted octanol–water partition coefficient (Wildman–Crippen LogP) is 14.5. The predicted molar refractivity (Wildman–Crippen MR) is 439 cm³/mol. The van der Waals surface area contributed by atoms with E-state index in [-0.39, 0.29) is 65.0 Å². The van der Waals surface area contributed by atoms with E-state index < -0.39 is 120 Å². The molecule has 4 aromatic rings. The second-order valence-corrected chi connectivity index (χ2v) is 33.3. The van der Waals surface area contributed by atoms with Crippen LogP contribution in [0.2, 0.25) is 6.82 Å². The fraction of sp³-hybridized carbons (Fsp3) is 0.609. The second kappa shape index (κ2) is 51.3. The van der Waals surface area contributed by atoms with Gasteiger partial charge >= 0.3 is 54.0 Å². The van der Waals surface area contributed by atoms with Crippen LogP contribution in [0.4, 0.5) is 9.59 Å². The van der Waals surface area contributed by atoms with Crippen LogP contribution in [0.15, 0.2) is 109 Å². The van der Waals surface area contributed by atoms with Crippen molar-refractivity contribution in [2.45, 2.75) is 267 Å². The number of rotatable bonds is 35. The van der Waals surface area contributed by atoms with Crippen LogP contribution >= 0.6 is 8.34 Å². The van der Waals surface area contributed by atoms with Crippen LogP contribution in [0.5, 0.6) is 0 Å². The van der Waals surface area contributed by atoms with E-state index in [4.69, 9.17) is 47.4 Å². The van der Waals surface area contributed by atoms with Crippen LogP contribution in [-0.2, 0) is 116 Å². The van der Waals surface area contributed by atoms with E-state index in [9.17, 15) is 57.6 Å². The van der Waals surface area contributed by atoms with Gasteiger partial charge in [0.25, 0.3) is 5.91 Å². The second-order valence-electron chi connectivity index (χ2n) is 32.6. The average molecular weight is 1620 g/mol. The third-order valence-corrected chi connectivity index (χ3v) is 18.6. The number of aliphatic carboxylic acids is 1. The molecule has 0 saturated carbocycles. The van der Waals surface area contributed by atoms with Crippen molar-refractivity contribution in [2.75, 3.05) is 54.6 Å². The molecule has 26 nitrogen and oxygen atoms in total. The zero-order valence-electron chi connectivity index (χ0n) is 71.7. The number of esters is 6. The molecule has 8 atom stereocenters. The van der Waals surface area contributed by atoms with Crippen molar-refractivity contribution in [3.05, 3.63) is 143 Å². The van der Waals surface area contributed by atoms with E-state index in [1.54, 1.807) is 62.4 Å². The van der Waals surface area contributed by atoms with Crippen LogP contribution in [0, 0.1) is 23.7 Å². The van der Waals surface area contributed by atoms with E-state index in [2.05, 4.69) is 5.32 Å². The van der Waals surface area contributed by atoms with Gasteiger partial charge in [-0.3, -0.25) is 24.0 Å². The molecule has 2 fully saturated rings. The molecular formula is C87H129BN4O22P. The Kier molecular flexibility index (Phi) is 44.8. The molecule has 115 heavy (non-hydrogen) atoms. The van der Waals surface area contributed by atoms with Gasteiger partial charge in [-0.05, 0) is 183 Å². The minimum atomic E-state index is -1.36. The molecule has 6 rings (SSSR count). The Morgan fingerprint density at radius 3 is 1.10 bits per heavy atom. The minimum Gasteiger partial charge on any atom is -0.478 e. The number of carboxylic acids is 1. The first-order chi connectivity index (χ1) is 54.1. The van der Waals surface area contributed by atoms with Crippen LogP contribution in [0.1, 0.15) is 207 Å². The van der Waals surface area contributed by atoms with Gasteiger partial charge < -0.3 is 62.7 Å². The maximum Gasteiger partial charge on any atom is 0.410 e. The van der Waals surface area contributed by atoms with Gasteiger partial charge in [-0.15, -0.1) is 0 Å². The van der Waals surface area contributed by atoms with Gasteiger partial charge in [0.1, 0.15) is 48.6 Å². The highest BCUT2D eigenvalue weighted by Crippen LogP contribution is 2.30. The lowest BCUT2D eigenvalue weighted by Gasteiger charge is -2.33. The highest BCUT2D eigenvalue weighted by atomic mass is 31.1. The van der Waals surface area contributed by atoms with Crippen LogP contribution < -0.4 is 5.32 Å². The van der Waals surface area contributed by atoms with Crippen molar-refractivity contribution in [3.63, 3.8) is 0 Å². The number of carboxylic acid groups (broad SMARTS) is 1. The van der Waals surface area contributed by atoms with Crippen LogP contribution in [0.25, 0.3) is 0 Å². The summed E-state index contributed by atoms with van der Waals surface area (Å²) >= 11 is 0. The Bertz CT molecular complexity index is 3620. The molecule has 0 unspecified atom stereocenters. The summed E-state index contributed by atoms with van der Waals surface area (Å²) in [6.07, 6.45) is -0.959. The molecule has 28 heteroatoms. The van der Waals surface area contributed by atoms with Crippen LogP contribution in [-0.4, -0.2) is 201 Å². The van der Waals surface area contributed by atoms with Gasteiger partial charge in [0, 0.05) is 60.4 Å². The number of benzene rings is 4. The van der Waals surface area contributed by atoms with Crippen LogP contribution in [0.3, 0.4) is 0 Å². The van der Waals surface area contributed by atoms with Crippen molar-refractivity contribution >= 4 is 75.2 Å². The summed E-state index contributed by atoms with van der Waals surface area (Å²) in [7, 11) is 6.22. The Labute approximate surface area is 684 Å². The number of nitrogens with one attached hydrogen (secondary N) is 1. The molecule has 637 valence electrons. The Hall–Kier alpha value is -8.78. The van der Waals surface area contributed by atoms with E-state index >= 15 is 0 Å². The smallest absolute Gasteiger partial charge is 0.410 e.